The number of alkyl halides is 3. The van der Waals surface area contributed by atoms with E-state index in [1.807, 2.05) is 4.90 Å². The van der Waals surface area contributed by atoms with Gasteiger partial charge in [0, 0.05) is 19.2 Å². The molecule has 0 unspecified atom stereocenters. The van der Waals surface area contributed by atoms with E-state index in [0.717, 1.165) is 28.8 Å². The molecule has 0 bridgehead atoms. The molecule has 0 saturated carbocycles. The molecule has 0 N–H and O–H groups in total. The molecule has 33 heavy (non-hydrogen) atoms. The summed E-state index contributed by atoms with van der Waals surface area (Å²) in [6, 6.07) is 8.96. The summed E-state index contributed by atoms with van der Waals surface area (Å²) in [6.45, 7) is 1.99. The Kier molecular flexibility index (Phi) is 6.41. The number of amides is 1. The van der Waals surface area contributed by atoms with Gasteiger partial charge in [0.1, 0.15) is 5.69 Å². The summed E-state index contributed by atoms with van der Waals surface area (Å²) in [6.07, 6.45) is -3.11. The van der Waals surface area contributed by atoms with Crippen LogP contribution in [0.25, 0.3) is 6.08 Å². The Labute approximate surface area is 195 Å². The van der Waals surface area contributed by atoms with Gasteiger partial charge in [0.2, 0.25) is 0 Å². The van der Waals surface area contributed by atoms with Crippen LogP contribution in [0.5, 0.6) is 0 Å². The fraction of sp³-hybridized carbons (Fsp3) is 0.238. The van der Waals surface area contributed by atoms with Gasteiger partial charge in [0.15, 0.2) is 4.32 Å². The smallest absolute Gasteiger partial charge is 0.378 e. The predicted molar refractivity (Wildman–Crippen MR) is 123 cm³/mol. The van der Waals surface area contributed by atoms with E-state index in [0.29, 0.717) is 37.6 Å². The Bertz CT molecular complexity index is 1160. The van der Waals surface area contributed by atoms with Gasteiger partial charge in [-0.25, -0.2) is 0 Å². The first-order chi connectivity index (χ1) is 15.6. The minimum Gasteiger partial charge on any atom is -0.378 e. The minimum atomic E-state index is -4.56. The molecule has 12 heteroatoms. The summed E-state index contributed by atoms with van der Waals surface area (Å²) in [5, 5.41) is 11.7. The van der Waals surface area contributed by atoms with Gasteiger partial charge < -0.3 is 9.64 Å². The van der Waals surface area contributed by atoms with E-state index in [1.165, 1.54) is 24.3 Å². The number of nitrogens with zero attached hydrogens (tertiary/aromatic N) is 3. The van der Waals surface area contributed by atoms with Gasteiger partial charge in [-0.15, -0.1) is 0 Å². The van der Waals surface area contributed by atoms with Crippen LogP contribution >= 0.6 is 24.0 Å². The van der Waals surface area contributed by atoms with Crippen LogP contribution in [-0.4, -0.2) is 41.5 Å². The van der Waals surface area contributed by atoms with Crippen LogP contribution in [0.4, 0.5) is 30.2 Å². The number of nitro groups is 1. The molecule has 2 aliphatic heterocycles. The number of hydrogen-bond acceptors (Lipinski definition) is 7. The monoisotopic (exact) mass is 495 g/mol. The van der Waals surface area contributed by atoms with Gasteiger partial charge in [-0.2, -0.15) is 13.2 Å². The summed E-state index contributed by atoms with van der Waals surface area (Å²) in [5.41, 5.74) is -0.143. The zero-order valence-electron chi connectivity index (χ0n) is 16.9. The van der Waals surface area contributed by atoms with Crippen LogP contribution in [0.2, 0.25) is 0 Å². The average molecular weight is 496 g/mol. The van der Waals surface area contributed by atoms with Crippen molar-refractivity contribution in [2.75, 3.05) is 36.1 Å². The van der Waals surface area contributed by atoms with Gasteiger partial charge in [0.25, 0.3) is 11.6 Å². The molecule has 2 aromatic rings. The van der Waals surface area contributed by atoms with Crippen LogP contribution < -0.4 is 9.80 Å². The second kappa shape index (κ2) is 9.12. The quantitative estimate of drug-likeness (QED) is 0.260. The number of rotatable bonds is 4. The molecule has 2 aromatic carbocycles. The summed E-state index contributed by atoms with van der Waals surface area (Å²) in [7, 11) is 0. The Hall–Kier alpha value is -2.96. The topological polar surface area (TPSA) is 75.9 Å². The van der Waals surface area contributed by atoms with E-state index in [4.69, 9.17) is 17.0 Å². The van der Waals surface area contributed by atoms with Crippen molar-refractivity contribution in [3.8, 4) is 0 Å². The third kappa shape index (κ3) is 4.87. The number of carbonyl (C=O) groups excluding carboxylic acids is 1. The fourth-order valence-electron chi connectivity index (χ4n) is 3.51. The van der Waals surface area contributed by atoms with Gasteiger partial charge in [-0.1, -0.05) is 36.1 Å². The maximum absolute atomic E-state index is 13.1. The fourth-order valence-corrected chi connectivity index (χ4v) is 4.81. The lowest BCUT2D eigenvalue weighted by Gasteiger charge is -2.28. The molecule has 2 saturated heterocycles. The highest BCUT2D eigenvalue weighted by molar-refractivity contribution is 8.27. The number of anilines is 2. The van der Waals surface area contributed by atoms with E-state index in [1.54, 1.807) is 12.1 Å². The van der Waals surface area contributed by atoms with Crippen molar-refractivity contribution in [3.05, 3.63) is 68.6 Å². The highest BCUT2D eigenvalue weighted by Crippen LogP contribution is 2.39. The molecule has 2 aliphatic rings. The molecular formula is C21H16F3N3O4S2. The Morgan fingerprint density at radius 3 is 2.55 bits per heavy atom. The van der Waals surface area contributed by atoms with E-state index in [-0.39, 0.29) is 20.6 Å². The van der Waals surface area contributed by atoms with Crippen molar-refractivity contribution < 1.29 is 27.6 Å². The molecule has 0 atom stereocenters. The molecular weight excluding hydrogens is 479 g/mol. The summed E-state index contributed by atoms with van der Waals surface area (Å²) in [4.78, 5) is 27.1. The summed E-state index contributed by atoms with van der Waals surface area (Å²) < 4.78 is 44.6. The number of halogens is 3. The third-order valence-electron chi connectivity index (χ3n) is 5.07. The van der Waals surface area contributed by atoms with Gasteiger partial charge >= 0.3 is 6.18 Å². The zero-order valence-corrected chi connectivity index (χ0v) is 18.5. The molecule has 7 nitrogen and oxygen atoms in total. The van der Waals surface area contributed by atoms with E-state index in [9.17, 15) is 28.1 Å². The number of thioether (sulfide) groups is 1. The van der Waals surface area contributed by atoms with Crippen LogP contribution in [0, 0.1) is 10.1 Å². The van der Waals surface area contributed by atoms with Crippen LogP contribution in [0.3, 0.4) is 0 Å². The largest absolute Gasteiger partial charge is 0.416 e. The lowest BCUT2D eigenvalue weighted by Crippen LogP contribution is -2.36. The maximum Gasteiger partial charge on any atom is 0.416 e. The number of thiocarbonyl (C=S) groups is 1. The van der Waals surface area contributed by atoms with Gasteiger partial charge in [0.05, 0.1) is 34.3 Å². The van der Waals surface area contributed by atoms with Gasteiger partial charge in [-0.05, 0) is 35.9 Å². The Balaban J connectivity index is 1.64. The molecule has 172 valence electrons. The second-order valence-corrected chi connectivity index (χ2v) is 8.85. The van der Waals surface area contributed by atoms with Crippen LogP contribution in [0.1, 0.15) is 11.1 Å². The second-order valence-electron chi connectivity index (χ2n) is 7.17. The molecule has 0 spiro atoms. The molecule has 1 amide bonds. The highest BCUT2D eigenvalue weighted by atomic mass is 32.2. The summed E-state index contributed by atoms with van der Waals surface area (Å²) >= 11 is 6.14. The number of morpholine rings is 1. The number of carbonyl (C=O) groups is 1. The van der Waals surface area contributed by atoms with Crippen molar-refractivity contribution in [2.45, 2.75) is 6.18 Å². The van der Waals surface area contributed by atoms with Crippen LogP contribution in [0.15, 0.2) is 47.4 Å². The highest BCUT2D eigenvalue weighted by Gasteiger charge is 2.36. The SMILES string of the molecule is O=C1/C(=C/c2ccc(N3CCOCC3)c([N+](=O)[O-])c2)SC(=S)N1c1cccc(C(F)(F)F)c1. The number of hydrogen-bond donors (Lipinski definition) is 0. The van der Waals surface area contributed by atoms with Crippen molar-refractivity contribution >= 4 is 57.3 Å². The molecule has 2 heterocycles. The Morgan fingerprint density at radius 1 is 1.15 bits per heavy atom. The molecule has 0 aliphatic carbocycles. The number of ether oxygens (including phenoxy) is 1. The lowest BCUT2D eigenvalue weighted by atomic mass is 10.1. The normalized spacial score (nSPS) is 18.3. The average Bonchev–Trinajstić information content (AvgIpc) is 3.06. The van der Waals surface area contributed by atoms with E-state index in [2.05, 4.69) is 0 Å². The van der Waals surface area contributed by atoms with Crippen molar-refractivity contribution in [3.63, 3.8) is 0 Å². The number of nitro benzene ring substituents is 1. The molecule has 2 fully saturated rings. The standard InChI is InChI=1S/C21H16F3N3O4S2/c22-21(23,24)14-2-1-3-15(12-14)26-19(28)18(33-20(26)32)11-13-4-5-16(17(10-13)27(29)30)25-6-8-31-9-7-25/h1-5,10-12H,6-9H2/b18-11-. The first kappa shape index (κ1) is 23.2. The molecule has 4 rings (SSSR count). The maximum atomic E-state index is 13.1. The van der Waals surface area contributed by atoms with Crippen LogP contribution in [-0.2, 0) is 15.7 Å². The van der Waals surface area contributed by atoms with E-state index >= 15 is 0 Å². The zero-order chi connectivity index (χ0) is 23.8. The van der Waals surface area contributed by atoms with Gasteiger partial charge in [-0.3, -0.25) is 19.8 Å². The number of benzene rings is 2. The Morgan fingerprint density at radius 2 is 1.88 bits per heavy atom. The first-order valence-corrected chi connectivity index (χ1v) is 10.9. The van der Waals surface area contributed by atoms with E-state index < -0.39 is 22.6 Å². The minimum absolute atomic E-state index is 0.00405. The first-order valence-electron chi connectivity index (χ1n) is 9.71. The van der Waals surface area contributed by atoms with Crippen molar-refractivity contribution in [2.24, 2.45) is 0 Å². The van der Waals surface area contributed by atoms with Crippen molar-refractivity contribution in [1.29, 1.82) is 0 Å². The molecule has 0 aromatic heterocycles. The third-order valence-corrected chi connectivity index (χ3v) is 6.37. The lowest BCUT2D eigenvalue weighted by molar-refractivity contribution is -0.384. The predicted octanol–water partition coefficient (Wildman–Crippen LogP) is 4.86. The van der Waals surface area contributed by atoms with Crippen molar-refractivity contribution in [1.82, 2.24) is 0 Å². The summed E-state index contributed by atoms with van der Waals surface area (Å²) in [5.74, 6) is -0.593. The molecule has 0 radical (unpaired) electrons.